The first kappa shape index (κ1) is 34.3. The lowest BCUT2D eigenvalue weighted by molar-refractivity contribution is -0.384. The minimum atomic E-state index is -0.874. The van der Waals surface area contributed by atoms with Crippen molar-refractivity contribution in [2.45, 2.75) is 38.6 Å². The third-order valence-electron chi connectivity index (χ3n) is 8.24. The Kier molecular flexibility index (Phi) is 10.7. The summed E-state index contributed by atoms with van der Waals surface area (Å²) in [4.78, 5) is 69.9. The van der Waals surface area contributed by atoms with Gasteiger partial charge in [-0.15, -0.1) is 0 Å². The lowest BCUT2D eigenvalue weighted by atomic mass is 10.1. The number of carbonyl (C=O) groups excluding carboxylic acids is 4. The van der Waals surface area contributed by atoms with Gasteiger partial charge in [-0.3, -0.25) is 34.6 Å². The first-order valence-corrected chi connectivity index (χ1v) is 15.8. The number of carbonyl (C=O) groups is 4. The van der Waals surface area contributed by atoms with E-state index in [1.165, 1.54) is 46.2 Å². The zero-order valence-corrected chi connectivity index (χ0v) is 27.2. The number of non-ortho nitro benzene ring substituents is 1. The van der Waals surface area contributed by atoms with E-state index in [-0.39, 0.29) is 41.1 Å². The summed E-state index contributed by atoms with van der Waals surface area (Å²) in [5.74, 6) is -0.958. The van der Waals surface area contributed by atoms with Crippen molar-refractivity contribution in [2.75, 3.05) is 32.0 Å². The van der Waals surface area contributed by atoms with Gasteiger partial charge >= 0.3 is 0 Å². The van der Waals surface area contributed by atoms with E-state index in [1.807, 2.05) is 19.1 Å². The van der Waals surface area contributed by atoms with Crippen molar-refractivity contribution in [1.82, 2.24) is 15.1 Å². The van der Waals surface area contributed by atoms with Gasteiger partial charge in [0.2, 0.25) is 23.7 Å². The van der Waals surface area contributed by atoms with Crippen LogP contribution in [-0.2, 0) is 16.0 Å². The molecule has 2 heterocycles. The third-order valence-corrected chi connectivity index (χ3v) is 8.24. The number of primary amides is 1. The van der Waals surface area contributed by atoms with E-state index in [0.717, 1.165) is 16.7 Å². The largest absolute Gasteiger partial charge is 0.461 e. The zero-order chi connectivity index (χ0) is 35.1. The van der Waals surface area contributed by atoms with Crippen molar-refractivity contribution >= 4 is 51.9 Å². The Morgan fingerprint density at radius 1 is 1.04 bits per heavy atom. The second-order valence-corrected chi connectivity index (χ2v) is 11.9. The van der Waals surface area contributed by atoms with Gasteiger partial charge in [-0.2, -0.15) is 0 Å². The van der Waals surface area contributed by atoms with Crippen molar-refractivity contribution < 1.29 is 28.5 Å². The quantitative estimate of drug-likeness (QED) is 0.0976. The fourth-order valence-corrected chi connectivity index (χ4v) is 5.46. The molecule has 5 rings (SSSR count). The van der Waals surface area contributed by atoms with E-state index < -0.39 is 22.8 Å². The minimum Gasteiger partial charge on any atom is -0.461 e. The maximum atomic E-state index is 13.8. The molecule has 14 nitrogen and oxygen atoms in total. The average Bonchev–Trinajstić information content (AvgIpc) is 3.38. The Morgan fingerprint density at radius 3 is 2.45 bits per heavy atom. The number of hydrogen-bond donors (Lipinski definition) is 3. The number of hydrogen-bond acceptors (Lipinski definition) is 8. The van der Waals surface area contributed by atoms with E-state index in [0.29, 0.717) is 50.0 Å². The number of nitrogens with zero attached hydrogens (tertiary/aromatic N) is 4. The molecular formula is C35H37N7O7. The number of benzene rings is 3. The second-order valence-electron chi connectivity index (χ2n) is 11.9. The molecule has 14 heteroatoms. The van der Waals surface area contributed by atoms with Crippen molar-refractivity contribution in [3.63, 3.8) is 0 Å². The van der Waals surface area contributed by atoms with Crippen LogP contribution >= 0.6 is 0 Å². The number of fused-ring (bicyclic) bond motifs is 1. The molecule has 254 valence electrons. The Hall–Kier alpha value is -6.05. The highest BCUT2D eigenvalue weighted by molar-refractivity contribution is 6.11. The van der Waals surface area contributed by atoms with Crippen molar-refractivity contribution in [3.8, 4) is 0 Å². The van der Waals surface area contributed by atoms with E-state index >= 15 is 0 Å². The monoisotopic (exact) mass is 667 g/mol. The topological polar surface area (TPSA) is 193 Å². The number of amides is 4. The smallest absolute Gasteiger partial charge is 0.269 e. The Balaban J connectivity index is 1.31. The molecule has 4 N–H and O–H groups in total. The average molecular weight is 668 g/mol. The summed E-state index contributed by atoms with van der Waals surface area (Å²) in [5.41, 5.74) is 7.96. The van der Waals surface area contributed by atoms with Crippen LogP contribution in [0.15, 0.2) is 82.2 Å². The van der Waals surface area contributed by atoms with Crippen LogP contribution < -0.4 is 16.4 Å². The van der Waals surface area contributed by atoms with Crippen molar-refractivity contribution in [2.24, 2.45) is 10.7 Å². The molecular weight excluding hydrogens is 630 g/mol. The predicted octanol–water partition coefficient (Wildman–Crippen LogP) is 4.03. The van der Waals surface area contributed by atoms with Gasteiger partial charge in [-0.1, -0.05) is 12.1 Å². The van der Waals surface area contributed by atoms with E-state index in [9.17, 15) is 29.3 Å². The fraction of sp³-hybridized carbons (Fsp3) is 0.286. The molecule has 0 spiro atoms. The van der Waals surface area contributed by atoms with Gasteiger partial charge in [-0.05, 0) is 86.7 Å². The summed E-state index contributed by atoms with van der Waals surface area (Å²) < 4.78 is 5.67. The molecule has 4 aromatic rings. The van der Waals surface area contributed by atoms with Crippen LogP contribution in [0.1, 0.15) is 51.3 Å². The fourth-order valence-electron chi connectivity index (χ4n) is 5.46. The number of nitro groups is 1. The summed E-state index contributed by atoms with van der Waals surface area (Å²) in [6.07, 6.45) is 2.26. The molecule has 0 aliphatic carbocycles. The highest BCUT2D eigenvalue weighted by Crippen LogP contribution is 2.23. The molecule has 1 unspecified atom stereocenters. The predicted molar refractivity (Wildman–Crippen MR) is 183 cm³/mol. The Bertz CT molecular complexity index is 1900. The maximum absolute atomic E-state index is 13.8. The van der Waals surface area contributed by atoms with Crippen molar-refractivity contribution in [1.29, 1.82) is 0 Å². The highest BCUT2D eigenvalue weighted by atomic mass is 16.6. The van der Waals surface area contributed by atoms with Gasteiger partial charge < -0.3 is 25.3 Å². The van der Waals surface area contributed by atoms with Crippen LogP contribution in [0, 0.1) is 17.0 Å². The summed E-state index contributed by atoms with van der Waals surface area (Å²) in [6.45, 7) is 2.44. The van der Waals surface area contributed by atoms with Crippen molar-refractivity contribution in [3.05, 3.63) is 105 Å². The molecule has 1 atom stereocenters. The van der Waals surface area contributed by atoms with E-state index in [2.05, 4.69) is 15.6 Å². The molecule has 0 bridgehead atoms. The van der Waals surface area contributed by atoms with Gasteiger partial charge in [0.15, 0.2) is 0 Å². The number of likely N-dealkylation sites (N-methyl/N-ethyl adjacent to an activating group) is 1. The Morgan fingerprint density at radius 2 is 1.76 bits per heavy atom. The standard InChI is InChI=1S/C35H37N7O7/c1-22-19-26-20-27(12-15-30(26)49-22)37-35(39-33(45)25-10-8-24(9-11-25)32(36)44)38-29-5-3-4-17-41(34(29)46)21-31(43)40(2)18-16-23-6-13-28(14-7-23)42(47)48/h6-15,19-20,29H,3-5,16-18,21H2,1-2H3,(H2,36,44)(H2,37,38,39,45). The summed E-state index contributed by atoms with van der Waals surface area (Å²) in [7, 11) is 1.65. The first-order chi connectivity index (χ1) is 23.5. The molecule has 1 saturated heterocycles. The number of nitrogens with one attached hydrogen (secondary N) is 2. The van der Waals surface area contributed by atoms with Crippen LogP contribution in [0.5, 0.6) is 0 Å². The number of guanidine groups is 1. The lowest BCUT2D eigenvalue weighted by Gasteiger charge is -2.26. The van der Waals surface area contributed by atoms with Gasteiger partial charge in [0, 0.05) is 54.5 Å². The van der Waals surface area contributed by atoms with Gasteiger partial charge in [0.05, 0.1) is 11.5 Å². The summed E-state index contributed by atoms with van der Waals surface area (Å²) in [5, 5.41) is 17.7. The molecule has 0 saturated carbocycles. The highest BCUT2D eigenvalue weighted by Gasteiger charge is 2.29. The molecule has 3 aromatic carbocycles. The molecule has 1 fully saturated rings. The summed E-state index contributed by atoms with van der Waals surface area (Å²) in [6, 6.07) is 18.4. The number of furan rings is 1. The number of anilines is 1. The normalized spacial score (nSPS) is 15.1. The van der Waals surface area contributed by atoms with Gasteiger partial charge in [0.1, 0.15) is 17.4 Å². The van der Waals surface area contributed by atoms with Crippen LogP contribution in [0.2, 0.25) is 0 Å². The second kappa shape index (κ2) is 15.2. The van der Waals surface area contributed by atoms with Crippen LogP contribution in [0.4, 0.5) is 11.4 Å². The first-order valence-electron chi connectivity index (χ1n) is 15.8. The molecule has 1 aliphatic rings. The zero-order valence-electron chi connectivity index (χ0n) is 27.2. The Labute approximate surface area is 282 Å². The molecule has 1 aliphatic heterocycles. The van der Waals surface area contributed by atoms with E-state index in [4.69, 9.17) is 10.2 Å². The third kappa shape index (κ3) is 8.86. The number of nitro benzene ring substituents is 1. The number of aryl methyl sites for hydroxylation is 1. The number of nitrogens with two attached hydrogens (primary N) is 1. The SMILES string of the molecule is Cc1cc2cc(NC(=NC3CCCCN(CC(=O)N(C)CCc4ccc([N+](=O)[O-])cc4)C3=O)NC(=O)c3ccc(C(N)=O)cc3)ccc2o1. The van der Waals surface area contributed by atoms with Gasteiger partial charge in [-0.25, -0.2) is 4.99 Å². The number of rotatable bonds is 10. The number of aliphatic imine (C=N–C) groups is 1. The summed E-state index contributed by atoms with van der Waals surface area (Å²) >= 11 is 0. The lowest BCUT2D eigenvalue weighted by Crippen LogP contribution is -2.45. The maximum Gasteiger partial charge on any atom is 0.269 e. The van der Waals surface area contributed by atoms with E-state index in [1.54, 1.807) is 31.3 Å². The number of likely N-dealkylation sites (tertiary alicyclic amines) is 1. The van der Waals surface area contributed by atoms with Gasteiger partial charge in [0.25, 0.3) is 11.6 Å². The molecule has 4 amide bonds. The molecule has 0 radical (unpaired) electrons. The molecule has 49 heavy (non-hydrogen) atoms. The van der Waals surface area contributed by atoms with Crippen LogP contribution in [0.25, 0.3) is 11.0 Å². The van der Waals surface area contributed by atoms with Crippen LogP contribution in [0.3, 0.4) is 0 Å². The molecule has 1 aromatic heterocycles. The van der Waals surface area contributed by atoms with Crippen LogP contribution in [-0.4, -0.2) is 77.0 Å². The minimum absolute atomic E-state index is 0.00374.